The number of nitrogens with one attached hydrogen (secondary N) is 2. The molecular weight excluding hydrogens is 272 g/mol. The van der Waals surface area contributed by atoms with Crippen molar-refractivity contribution in [2.75, 3.05) is 12.4 Å². The minimum Gasteiger partial charge on any atom is -0.490 e. The number of hydrogen-bond acceptors (Lipinski definition) is 4. The lowest BCUT2D eigenvalue weighted by molar-refractivity contribution is -0.114. The number of rotatable bonds is 4. The van der Waals surface area contributed by atoms with Gasteiger partial charge in [-0.15, -0.1) is 0 Å². The van der Waals surface area contributed by atoms with Gasteiger partial charge in [0.05, 0.1) is 18.7 Å². The smallest absolute Gasteiger partial charge is 0.354 e. The first kappa shape index (κ1) is 14.9. The van der Waals surface area contributed by atoms with Gasteiger partial charge in [0.15, 0.2) is 0 Å². The molecule has 0 aliphatic carbocycles. The number of ether oxygens (including phenoxy) is 2. The van der Waals surface area contributed by atoms with E-state index in [-0.39, 0.29) is 12.0 Å². The summed E-state index contributed by atoms with van der Waals surface area (Å²) in [6.45, 7) is 5.25. The number of methoxy groups -OCH3 is 1. The summed E-state index contributed by atoms with van der Waals surface area (Å²) in [4.78, 5) is 25.8. The molecule has 0 aliphatic heterocycles. The first-order chi connectivity index (χ1) is 9.90. The maximum atomic E-state index is 11.6. The molecule has 0 saturated carbocycles. The van der Waals surface area contributed by atoms with Crippen LogP contribution in [0.4, 0.5) is 5.69 Å². The lowest BCUT2D eigenvalue weighted by atomic mass is 10.2. The van der Waals surface area contributed by atoms with Crippen LogP contribution in [0, 0.1) is 0 Å². The third kappa shape index (κ3) is 3.34. The van der Waals surface area contributed by atoms with Crippen molar-refractivity contribution in [1.29, 1.82) is 0 Å². The van der Waals surface area contributed by atoms with Crippen molar-refractivity contribution < 1.29 is 19.1 Å². The number of fused-ring (bicyclic) bond motifs is 1. The van der Waals surface area contributed by atoms with Crippen molar-refractivity contribution in [2.45, 2.75) is 26.9 Å². The Morgan fingerprint density at radius 1 is 1.24 bits per heavy atom. The quantitative estimate of drug-likeness (QED) is 0.848. The Kier molecular flexibility index (Phi) is 4.16. The van der Waals surface area contributed by atoms with Crippen LogP contribution in [0.5, 0.6) is 5.75 Å². The zero-order valence-corrected chi connectivity index (χ0v) is 12.4. The summed E-state index contributed by atoms with van der Waals surface area (Å²) < 4.78 is 10.5. The van der Waals surface area contributed by atoms with Gasteiger partial charge in [-0.1, -0.05) is 0 Å². The van der Waals surface area contributed by atoms with Gasteiger partial charge < -0.3 is 19.8 Å². The second-order valence-electron chi connectivity index (χ2n) is 4.96. The maximum Gasteiger partial charge on any atom is 0.354 e. The zero-order valence-electron chi connectivity index (χ0n) is 12.4. The number of aromatic amines is 1. The molecule has 0 fully saturated rings. The molecule has 1 aromatic carbocycles. The Morgan fingerprint density at radius 2 is 1.95 bits per heavy atom. The van der Waals surface area contributed by atoms with Gasteiger partial charge in [-0.25, -0.2) is 4.79 Å². The van der Waals surface area contributed by atoms with Crippen molar-refractivity contribution in [1.82, 2.24) is 4.98 Å². The molecule has 2 aromatic rings. The number of amides is 1. The molecule has 0 spiro atoms. The van der Waals surface area contributed by atoms with E-state index in [1.807, 2.05) is 13.8 Å². The summed E-state index contributed by atoms with van der Waals surface area (Å²) >= 11 is 0. The van der Waals surface area contributed by atoms with Crippen LogP contribution >= 0.6 is 0 Å². The van der Waals surface area contributed by atoms with Crippen LogP contribution in [0.15, 0.2) is 18.2 Å². The zero-order chi connectivity index (χ0) is 15.6. The van der Waals surface area contributed by atoms with Crippen LogP contribution in [-0.2, 0) is 9.53 Å². The fourth-order valence-corrected chi connectivity index (χ4v) is 2.05. The largest absolute Gasteiger partial charge is 0.490 e. The molecule has 0 bridgehead atoms. The van der Waals surface area contributed by atoms with Gasteiger partial charge in [0.1, 0.15) is 11.4 Å². The number of carbonyl (C=O) groups excluding carboxylic acids is 2. The van der Waals surface area contributed by atoms with Crippen LogP contribution in [0.2, 0.25) is 0 Å². The predicted octanol–water partition coefficient (Wildman–Crippen LogP) is 2.70. The van der Waals surface area contributed by atoms with Crippen LogP contribution < -0.4 is 10.1 Å². The standard InChI is InChI=1S/C15H18N2O4/c1-8(2)21-14-6-10(16-9(3)18)5-12-11(14)7-13(17-12)15(19)20-4/h5-8,17H,1-4H3,(H,16,18). The highest BCUT2D eigenvalue weighted by molar-refractivity contribution is 6.00. The second kappa shape index (κ2) is 5.87. The Bertz CT molecular complexity index is 688. The summed E-state index contributed by atoms with van der Waals surface area (Å²) in [6, 6.07) is 5.16. The molecule has 21 heavy (non-hydrogen) atoms. The lowest BCUT2D eigenvalue weighted by Gasteiger charge is -2.12. The highest BCUT2D eigenvalue weighted by atomic mass is 16.5. The number of carbonyl (C=O) groups is 2. The normalized spacial score (nSPS) is 10.7. The topological polar surface area (TPSA) is 80.4 Å². The molecule has 6 heteroatoms. The molecule has 1 amide bonds. The van der Waals surface area contributed by atoms with Crippen molar-refractivity contribution in [3.8, 4) is 5.75 Å². The number of benzene rings is 1. The van der Waals surface area contributed by atoms with E-state index in [2.05, 4.69) is 10.3 Å². The molecule has 1 aromatic heterocycles. The van der Waals surface area contributed by atoms with Gasteiger partial charge in [-0.2, -0.15) is 0 Å². The van der Waals surface area contributed by atoms with E-state index in [1.54, 1.807) is 18.2 Å². The van der Waals surface area contributed by atoms with E-state index in [0.29, 0.717) is 22.6 Å². The number of hydrogen-bond donors (Lipinski definition) is 2. The van der Waals surface area contributed by atoms with Crippen molar-refractivity contribution in [2.24, 2.45) is 0 Å². The monoisotopic (exact) mass is 290 g/mol. The van der Waals surface area contributed by atoms with E-state index < -0.39 is 5.97 Å². The molecule has 0 aliphatic rings. The molecule has 0 saturated heterocycles. The number of H-pyrrole nitrogens is 1. The SMILES string of the molecule is COC(=O)c1cc2c(OC(C)C)cc(NC(C)=O)cc2[nH]1. The van der Waals surface area contributed by atoms with Crippen LogP contribution in [-0.4, -0.2) is 30.1 Å². The summed E-state index contributed by atoms with van der Waals surface area (Å²) in [7, 11) is 1.32. The summed E-state index contributed by atoms with van der Waals surface area (Å²) in [5.41, 5.74) is 1.63. The fraction of sp³-hybridized carbons (Fsp3) is 0.333. The number of anilines is 1. The van der Waals surface area contributed by atoms with E-state index in [9.17, 15) is 9.59 Å². The van der Waals surface area contributed by atoms with Gasteiger partial charge in [-0.05, 0) is 26.0 Å². The Morgan fingerprint density at radius 3 is 2.52 bits per heavy atom. The number of esters is 1. The first-order valence-corrected chi connectivity index (χ1v) is 6.60. The van der Waals surface area contributed by atoms with Crippen LogP contribution in [0.3, 0.4) is 0 Å². The molecule has 2 N–H and O–H groups in total. The highest BCUT2D eigenvalue weighted by Gasteiger charge is 2.15. The maximum absolute atomic E-state index is 11.6. The van der Waals surface area contributed by atoms with Gasteiger partial charge in [0.2, 0.25) is 5.91 Å². The summed E-state index contributed by atoms with van der Waals surface area (Å²) in [5, 5.41) is 3.47. The average Bonchev–Trinajstić information content (AvgIpc) is 2.80. The average molecular weight is 290 g/mol. The number of aromatic nitrogens is 1. The van der Waals surface area contributed by atoms with Gasteiger partial charge in [0, 0.05) is 24.1 Å². The van der Waals surface area contributed by atoms with Gasteiger partial charge in [0.25, 0.3) is 0 Å². The van der Waals surface area contributed by atoms with E-state index in [0.717, 1.165) is 5.39 Å². The molecular formula is C15H18N2O4. The van der Waals surface area contributed by atoms with Crippen molar-refractivity contribution >= 4 is 28.5 Å². The van der Waals surface area contributed by atoms with Crippen molar-refractivity contribution in [3.63, 3.8) is 0 Å². The Hall–Kier alpha value is -2.50. The predicted molar refractivity (Wildman–Crippen MR) is 79.7 cm³/mol. The molecule has 0 radical (unpaired) electrons. The summed E-state index contributed by atoms with van der Waals surface area (Å²) in [6.07, 6.45) is -0.0303. The van der Waals surface area contributed by atoms with E-state index in [1.165, 1.54) is 14.0 Å². The third-order valence-corrected chi connectivity index (χ3v) is 2.79. The fourth-order valence-electron chi connectivity index (χ4n) is 2.05. The van der Waals surface area contributed by atoms with E-state index >= 15 is 0 Å². The van der Waals surface area contributed by atoms with Crippen LogP contribution in [0.25, 0.3) is 10.9 Å². The van der Waals surface area contributed by atoms with Gasteiger partial charge >= 0.3 is 5.97 Å². The first-order valence-electron chi connectivity index (χ1n) is 6.60. The highest BCUT2D eigenvalue weighted by Crippen LogP contribution is 2.31. The minimum atomic E-state index is -0.456. The molecule has 0 unspecified atom stereocenters. The molecule has 112 valence electrons. The molecule has 2 rings (SSSR count). The van der Waals surface area contributed by atoms with Crippen molar-refractivity contribution in [3.05, 3.63) is 23.9 Å². The van der Waals surface area contributed by atoms with Crippen LogP contribution in [0.1, 0.15) is 31.3 Å². The Balaban J connectivity index is 2.55. The minimum absolute atomic E-state index is 0.0303. The molecule has 0 atom stereocenters. The van der Waals surface area contributed by atoms with Gasteiger partial charge in [-0.3, -0.25) is 4.79 Å². The second-order valence-corrected chi connectivity index (χ2v) is 4.96. The molecule has 1 heterocycles. The third-order valence-electron chi connectivity index (χ3n) is 2.79. The Labute approximate surface area is 122 Å². The van der Waals surface area contributed by atoms with E-state index in [4.69, 9.17) is 9.47 Å². The molecule has 6 nitrogen and oxygen atoms in total. The lowest BCUT2D eigenvalue weighted by Crippen LogP contribution is -2.08. The summed E-state index contributed by atoms with van der Waals surface area (Å²) in [5.74, 6) is -0.0370.